The molecule has 3 amide bonds. The molecule has 3 fully saturated rings. The van der Waals surface area contributed by atoms with Crippen LogP contribution in [0.25, 0.3) is 0 Å². The van der Waals surface area contributed by atoms with Crippen LogP contribution in [0.4, 0.5) is 4.79 Å². The summed E-state index contributed by atoms with van der Waals surface area (Å²) in [4.78, 5) is 52.3. The van der Waals surface area contributed by atoms with Crippen LogP contribution in [0.1, 0.15) is 70.6 Å². The number of amides is 3. The van der Waals surface area contributed by atoms with Gasteiger partial charge < -0.3 is 30.5 Å². The highest BCUT2D eigenvalue weighted by molar-refractivity contribution is 5.96. The Hall–Kier alpha value is -2.88. The summed E-state index contributed by atoms with van der Waals surface area (Å²) >= 11 is 0. The number of aliphatic carboxylic acids is 1. The van der Waals surface area contributed by atoms with Gasteiger partial charge in [-0.1, -0.05) is 25.0 Å². The number of nitrogens with one attached hydrogen (secondary N) is 2. The molecule has 0 aromatic carbocycles. The average molecular weight is 506 g/mol. The van der Waals surface area contributed by atoms with Crippen molar-refractivity contribution in [3.63, 3.8) is 0 Å². The molecular weight excluding hydrogens is 466 g/mol. The van der Waals surface area contributed by atoms with E-state index in [1.807, 2.05) is 6.08 Å². The molecule has 10 heteroatoms. The van der Waals surface area contributed by atoms with Gasteiger partial charge in [-0.15, -0.1) is 13.2 Å². The molecule has 0 radical (unpaired) electrons. The predicted molar refractivity (Wildman–Crippen MR) is 132 cm³/mol. The van der Waals surface area contributed by atoms with Gasteiger partial charge in [-0.05, 0) is 51.4 Å². The van der Waals surface area contributed by atoms with Gasteiger partial charge in [0.05, 0.1) is 6.10 Å². The number of carbonyl (C=O) groups is 4. The lowest BCUT2D eigenvalue weighted by Crippen LogP contribution is -2.56. The molecule has 200 valence electrons. The number of nitrogens with zero attached hydrogens (tertiary/aromatic N) is 1. The minimum absolute atomic E-state index is 0.00932. The van der Waals surface area contributed by atoms with E-state index in [1.165, 1.54) is 11.0 Å². The maximum atomic E-state index is 13.6. The topological polar surface area (TPSA) is 145 Å². The fourth-order valence-electron chi connectivity index (χ4n) is 5.23. The van der Waals surface area contributed by atoms with E-state index in [4.69, 9.17) is 4.74 Å². The van der Waals surface area contributed by atoms with Crippen LogP contribution in [0, 0.1) is 5.92 Å². The molecule has 0 aromatic heterocycles. The molecule has 3 aliphatic rings. The zero-order valence-corrected chi connectivity index (χ0v) is 20.8. The van der Waals surface area contributed by atoms with Gasteiger partial charge in [0.2, 0.25) is 11.8 Å². The normalized spacial score (nSPS) is 28.2. The number of carboxylic acid groups (broad SMARTS) is 1. The summed E-state index contributed by atoms with van der Waals surface area (Å²) in [6, 6.07) is -1.95. The number of hydrogen-bond acceptors (Lipinski definition) is 6. The Morgan fingerprint density at radius 1 is 1.14 bits per heavy atom. The zero-order chi connectivity index (χ0) is 26.3. The first kappa shape index (κ1) is 27.7. The number of allylic oxidation sites excluding steroid dienone is 1. The van der Waals surface area contributed by atoms with Gasteiger partial charge in [0.15, 0.2) is 0 Å². The number of β-amino-alcohol motifs (C(OH)–C–C–N with tert-alkyl or cyclic N) is 1. The number of hydrogen-bond donors (Lipinski definition) is 4. The summed E-state index contributed by atoms with van der Waals surface area (Å²) in [6.45, 7) is 7.25. The van der Waals surface area contributed by atoms with E-state index in [1.54, 1.807) is 0 Å². The molecule has 3 rings (SSSR count). The second kappa shape index (κ2) is 12.4. The third-order valence-corrected chi connectivity index (χ3v) is 7.46. The fourth-order valence-corrected chi connectivity index (χ4v) is 5.23. The number of likely N-dealkylation sites (tertiary alicyclic amines) is 1. The van der Waals surface area contributed by atoms with E-state index in [9.17, 15) is 29.4 Å². The second-order valence-corrected chi connectivity index (χ2v) is 10.1. The molecule has 0 spiro atoms. The van der Waals surface area contributed by atoms with Gasteiger partial charge in [-0.3, -0.25) is 9.59 Å². The Balaban J connectivity index is 1.68. The SMILES string of the molecule is C=CCCCCC[C@H](NC(=O)OC1CCCC1)C(=O)N1C[C@@H](O)C[C@H]1C(=O)N[C@]1(C(=O)O)C[C@H]1C=C. The van der Waals surface area contributed by atoms with Crippen molar-refractivity contribution >= 4 is 23.9 Å². The summed E-state index contributed by atoms with van der Waals surface area (Å²) in [6.07, 6.45) is 8.99. The molecule has 2 saturated carbocycles. The van der Waals surface area contributed by atoms with E-state index in [0.717, 1.165) is 44.9 Å². The zero-order valence-electron chi connectivity index (χ0n) is 20.8. The highest BCUT2D eigenvalue weighted by atomic mass is 16.6. The quantitative estimate of drug-likeness (QED) is 0.222. The van der Waals surface area contributed by atoms with Gasteiger partial charge in [0.25, 0.3) is 0 Å². The fraction of sp³-hybridized carbons (Fsp3) is 0.692. The summed E-state index contributed by atoms with van der Waals surface area (Å²) in [5.74, 6) is -2.68. The van der Waals surface area contributed by atoms with Crippen LogP contribution >= 0.6 is 0 Å². The monoisotopic (exact) mass is 505 g/mol. The molecule has 1 aliphatic heterocycles. The highest BCUT2D eigenvalue weighted by Gasteiger charge is 2.61. The van der Waals surface area contributed by atoms with Gasteiger partial charge in [-0.25, -0.2) is 9.59 Å². The van der Waals surface area contributed by atoms with E-state index in [0.29, 0.717) is 12.8 Å². The van der Waals surface area contributed by atoms with Crippen molar-refractivity contribution < 1.29 is 34.1 Å². The van der Waals surface area contributed by atoms with Crippen LogP contribution < -0.4 is 10.6 Å². The minimum atomic E-state index is -1.44. The highest BCUT2D eigenvalue weighted by Crippen LogP contribution is 2.44. The lowest BCUT2D eigenvalue weighted by Gasteiger charge is -2.29. The molecular formula is C26H39N3O7. The lowest BCUT2D eigenvalue weighted by atomic mass is 10.0. The van der Waals surface area contributed by atoms with Crippen LogP contribution in [0.15, 0.2) is 25.3 Å². The Morgan fingerprint density at radius 2 is 1.86 bits per heavy atom. The molecule has 5 atom stereocenters. The van der Waals surface area contributed by atoms with E-state index in [-0.39, 0.29) is 25.5 Å². The van der Waals surface area contributed by atoms with Crippen molar-refractivity contribution in [1.29, 1.82) is 0 Å². The molecule has 36 heavy (non-hydrogen) atoms. The maximum Gasteiger partial charge on any atom is 0.408 e. The smallest absolute Gasteiger partial charge is 0.408 e. The Kier molecular flexibility index (Phi) is 9.53. The van der Waals surface area contributed by atoms with Gasteiger partial charge in [-0.2, -0.15) is 0 Å². The first-order valence-electron chi connectivity index (χ1n) is 13.0. The molecule has 1 heterocycles. The molecule has 2 aliphatic carbocycles. The van der Waals surface area contributed by atoms with Crippen LogP contribution in [0.5, 0.6) is 0 Å². The third kappa shape index (κ3) is 6.66. The van der Waals surface area contributed by atoms with Gasteiger partial charge >= 0.3 is 12.1 Å². The summed E-state index contributed by atoms with van der Waals surface area (Å²) in [7, 11) is 0. The van der Waals surface area contributed by atoms with Crippen LogP contribution in [-0.4, -0.2) is 75.4 Å². The van der Waals surface area contributed by atoms with Crippen LogP contribution in [0.2, 0.25) is 0 Å². The lowest BCUT2D eigenvalue weighted by molar-refractivity contribution is -0.145. The molecule has 1 saturated heterocycles. The molecule has 4 N–H and O–H groups in total. The Labute approximate surface area is 212 Å². The number of aliphatic hydroxyl groups excluding tert-OH is 1. The number of alkyl carbamates (subject to hydrolysis) is 1. The van der Waals surface area contributed by atoms with E-state index >= 15 is 0 Å². The number of aliphatic hydroxyl groups is 1. The van der Waals surface area contributed by atoms with Crippen molar-refractivity contribution in [3.05, 3.63) is 25.3 Å². The molecule has 0 unspecified atom stereocenters. The van der Waals surface area contributed by atoms with Gasteiger partial charge in [0, 0.05) is 18.9 Å². The van der Waals surface area contributed by atoms with Crippen molar-refractivity contribution in [2.75, 3.05) is 6.54 Å². The number of ether oxygens (including phenoxy) is 1. The standard InChI is InChI=1S/C26H39N3O7/c1-3-5-6-7-8-13-20(27-25(35)36-19-11-9-10-12-19)23(32)29-16-18(30)14-21(29)22(31)28-26(24(33)34)15-17(26)4-2/h3-4,17-21,30H,1-2,5-16H2,(H,27,35)(H,28,31)(H,33,34)/t17-,18+,20+,21+,26-/m1/s1. The number of carbonyl (C=O) groups excluding carboxylic acids is 3. The minimum Gasteiger partial charge on any atom is -0.479 e. The molecule has 10 nitrogen and oxygen atoms in total. The first-order chi connectivity index (χ1) is 17.2. The number of rotatable bonds is 13. The average Bonchev–Trinajstić information content (AvgIpc) is 3.13. The first-order valence-corrected chi connectivity index (χ1v) is 13.0. The Morgan fingerprint density at radius 3 is 2.47 bits per heavy atom. The van der Waals surface area contributed by atoms with E-state index < -0.39 is 53.5 Å². The summed E-state index contributed by atoms with van der Waals surface area (Å²) in [5, 5.41) is 25.2. The summed E-state index contributed by atoms with van der Waals surface area (Å²) in [5.41, 5.74) is -1.44. The molecule has 0 bridgehead atoms. The summed E-state index contributed by atoms with van der Waals surface area (Å²) < 4.78 is 5.48. The number of carboxylic acids is 1. The molecule has 0 aromatic rings. The van der Waals surface area contributed by atoms with Crippen molar-refractivity contribution in [2.24, 2.45) is 5.92 Å². The van der Waals surface area contributed by atoms with Crippen LogP contribution in [0.3, 0.4) is 0 Å². The van der Waals surface area contributed by atoms with Gasteiger partial charge in [0.1, 0.15) is 23.7 Å². The second-order valence-electron chi connectivity index (χ2n) is 10.1. The van der Waals surface area contributed by atoms with Crippen LogP contribution in [-0.2, 0) is 19.1 Å². The largest absolute Gasteiger partial charge is 0.479 e. The third-order valence-electron chi connectivity index (χ3n) is 7.46. The van der Waals surface area contributed by atoms with Crippen molar-refractivity contribution in [2.45, 2.75) is 100 Å². The van der Waals surface area contributed by atoms with Crippen molar-refractivity contribution in [1.82, 2.24) is 15.5 Å². The van der Waals surface area contributed by atoms with Crippen molar-refractivity contribution in [3.8, 4) is 0 Å². The Bertz CT molecular complexity index is 856. The van der Waals surface area contributed by atoms with E-state index in [2.05, 4.69) is 23.8 Å². The predicted octanol–water partition coefficient (Wildman–Crippen LogP) is 2.27. The maximum absolute atomic E-state index is 13.6. The number of unbranched alkanes of at least 4 members (excludes halogenated alkanes) is 3.